The van der Waals surface area contributed by atoms with Gasteiger partial charge in [0.05, 0.1) is 0 Å². The zero-order chi connectivity index (χ0) is 14.4. The Bertz CT molecular complexity index is 519. The molecule has 0 saturated carbocycles. The number of imidazole rings is 1. The number of rotatable bonds is 7. The van der Waals surface area contributed by atoms with Crippen LogP contribution in [-0.4, -0.2) is 16.1 Å². The predicted molar refractivity (Wildman–Crippen MR) is 84.1 cm³/mol. The quantitative estimate of drug-likeness (QED) is 0.786. The zero-order valence-electron chi connectivity index (χ0n) is 12.1. The Morgan fingerprint density at radius 2 is 2.05 bits per heavy atom. The number of nitrogens with zero attached hydrogens (tertiary/aromatic N) is 2. The molecule has 1 atom stereocenters. The number of hydrogen-bond donors (Lipinski definition) is 1. The maximum Gasteiger partial charge on any atom is 0.108 e. The first kappa shape index (κ1) is 15.1. The highest BCUT2D eigenvalue weighted by atomic mass is 35.5. The van der Waals surface area contributed by atoms with Crippen molar-refractivity contribution < 1.29 is 0 Å². The summed E-state index contributed by atoms with van der Waals surface area (Å²) in [4.78, 5) is 4.33. The van der Waals surface area contributed by atoms with Gasteiger partial charge in [-0.05, 0) is 37.6 Å². The predicted octanol–water partition coefficient (Wildman–Crippen LogP) is 3.84. The molecule has 0 aliphatic rings. The number of halogens is 1. The van der Waals surface area contributed by atoms with Crippen molar-refractivity contribution in [2.75, 3.05) is 6.54 Å². The summed E-state index contributed by atoms with van der Waals surface area (Å²) in [5, 5.41) is 4.33. The minimum absolute atomic E-state index is 0.348. The van der Waals surface area contributed by atoms with Crippen molar-refractivity contribution in [2.45, 2.75) is 39.3 Å². The van der Waals surface area contributed by atoms with Gasteiger partial charge in [-0.1, -0.05) is 30.7 Å². The smallest absolute Gasteiger partial charge is 0.108 e. The fourth-order valence-corrected chi connectivity index (χ4v) is 2.42. The highest BCUT2D eigenvalue weighted by Crippen LogP contribution is 2.15. The highest BCUT2D eigenvalue weighted by Gasteiger charge is 2.04. The molecule has 20 heavy (non-hydrogen) atoms. The van der Waals surface area contributed by atoms with E-state index in [2.05, 4.69) is 47.0 Å². The molecule has 1 heterocycles. The second-order valence-corrected chi connectivity index (χ2v) is 5.41. The van der Waals surface area contributed by atoms with Crippen LogP contribution in [0.15, 0.2) is 36.7 Å². The van der Waals surface area contributed by atoms with Crippen LogP contribution in [0.25, 0.3) is 0 Å². The summed E-state index contributed by atoms with van der Waals surface area (Å²) in [5.74, 6) is 1.16. The summed E-state index contributed by atoms with van der Waals surface area (Å²) in [7, 11) is 0. The standard InChI is InChI=1S/C16H22ClN3/c1-3-16-19-10-12-20(16)11-4-9-18-13(2)14-5-7-15(17)8-6-14/h5-8,10,12-13,18H,3-4,9,11H2,1-2H3. The molecule has 0 bridgehead atoms. The van der Waals surface area contributed by atoms with Crippen molar-refractivity contribution in [3.8, 4) is 0 Å². The van der Waals surface area contributed by atoms with Gasteiger partial charge in [-0.25, -0.2) is 4.98 Å². The fourth-order valence-electron chi connectivity index (χ4n) is 2.30. The third-order valence-corrected chi connectivity index (χ3v) is 3.77. The Hall–Kier alpha value is -1.32. The molecule has 0 fully saturated rings. The van der Waals surface area contributed by atoms with Gasteiger partial charge in [0.2, 0.25) is 0 Å². The van der Waals surface area contributed by atoms with Crippen molar-refractivity contribution in [1.82, 2.24) is 14.9 Å². The first-order valence-electron chi connectivity index (χ1n) is 7.19. The number of benzene rings is 1. The van der Waals surface area contributed by atoms with Crippen LogP contribution in [0, 0.1) is 0 Å². The van der Waals surface area contributed by atoms with Crippen molar-refractivity contribution in [2.24, 2.45) is 0 Å². The van der Waals surface area contributed by atoms with Crippen LogP contribution in [0.3, 0.4) is 0 Å². The lowest BCUT2D eigenvalue weighted by Crippen LogP contribution is -2.21. The van der Waals surface area contributed by atoms with E-state index in [1.165, 1.54) is 5.56 Å². The molecule has 4 heteroatoms. The second-order valence-electron chi connectivity index (χ2n) is 4.97. The van der Waals surface area contributed by atoms with E-state index in [-0.39, 0.29) is 0 Å². The maximum absolute atomic E-state index is 5.90. The lowest BCUT2D eigenvalue weighted by atomic mass is 10.1. The summed E-state index contributed by atoms with van der Waals surface area (Å²) in [6.45, 7) is 6.33. The number of hydrogen-bond acceptors (Lipinski definition) is 2. The Morgan fingerprint density at radius 1 is 1.30 bits per heavy atom. The Morgan fingerprint density at radius 3 is 2.75 bits per heavy atom. The van der Waals surface area contributed by atoms with Gasteiger partial charge in [0.25, 0.3) is 0 Å². The van der Waals surface area contributed by atoms with Crippen molar-refractivity contribution in [3.05, 3.63) is 53.1 Å². The Balaban J connectivity index is 1.74. The normalized spacial score (nSPS) is 12.6. The van der Waals surface area contributed by atoms with E-state index < -0.39 is 0 Å². The molecular weight excluding hydrogens is 270 g/mol. The zero-order valence-corrected chi connectivity index (χ0v) is 12.9. The van der Waals surface area contributed by atoms with E-state index in [9.17, 15) is 0 Å². The molecule has 2 aromatic rings. The first-order valence-corrected chi connectivity index (χ1v) is 7.57. The van der Waals surface area contributed by atoms with Crippen molar-refractivity contribution in [1.29, 1.82) is 0 Å². The summed E-state index contributed by atoms with van der Waals surface area (Å²) >= 11 is 5.90. The molecule has 1 unspecified atom stereocenters. The first-order chi connectivity index (χ1) is 9.70. The molecule has 2 rings (SSSR count). The summed E-state index contributed by atoms with van der Waals surface area (Å²) in [6.07, 6.45) is 6.02. The average Bonchev–Trinajstić information content (AvgIpc) is 2.91. The molecule has 0 saturated heterocycles. The third-order valence-electron chi connectivity index (χ3n) is 3.51. The van der Waals surface area contributed by atoms with E-state index in [0.29, 0.717) is 6.04 Å². The van der Waals surface area contributed by atoms with Crippen LogP contribution in [0.2, 0.25) is 5.02 Å². The van der Waals surface area contributed by atoms with Gasteiger partial charge in [0.1, 0.15) is 5.82 Å². The minimum atomic E-state index is 0.348. The van der Waals surface area contributed by atoms with Gasteiger partial charge in [-0.3, -0.25) is 0 Å². The van der Waals surface area contributed by atoms with Crippen LogP contribution in [0.5, 0.6) is 0 Å². The van der Waals surface area contributed by atoms with E-state index in [1.54, 1.807) is 0 Å². The Labute approximate surface area is 126 Å². The number of nitrogens with one attached hydrogen (secondary N) is 1. The van der Waals surface area contributed by atoms with Crippen LogP contribution in [-0.2, 0) is 13.0 Å². The molecule has 0 aliphatic heterocycles. The summed E-state index contributed by atoms with van der Waals surface area (Å²) in [6, 6.07) is 8.37. The van der Waals surface area contributed by atoms with E-state index in [4.69, 9.17) is 11.6 Å². The monoisotopic (exact) mass is 291 g/mol. The van der Waals surface area contributed by atoms with E-state index >= 15 is 0 Å². The van der Waals surface area contributed by atoms with Gasteiger partial charge < -0.3 is 9.88 Å². The molecule has 0 spiro atoms. The second kappa shape index (κ2) is 7.46. The lowest BCUT2D eigenvalue weighted by molar-refractivity contribution is 0.520. The molecule has 1 N–H and O–H groups in total. The number of aryl methyl sites for hydroxylation is 2. The van der Waals surface area contributed by atoms with Gasteiger partial charge in [0.15, 0.2) is 0 Å². The third kappa shape index (κ3) is 4.09. The summed E-state index contributed by atoms with van der Waals surface area (Å²) in [5.41, 5.74) is 1.27. The van der Waals surface area contributed by atoms with Crippen molar-refractivity contribution in [3.63, 3.8) is 0 Å². The van der Waals surface area contributed by atoms with Crippen LogP contribution < -0.4 is 5.32 Å². The van der Waals surface area contributed by atoms with Gasteiger partial charge >= 0.3 is 0 Å². The average molecular weight is 292 g/mol. The maximum atomic E-state index is 5.90. The molecule has 3 nitrogen and oxygen atoms in total. The lowest BCUT2D eigenvalue weighted by Gasteiger charge is -2.14. The molecular formula is C16H22ClN3. The SMILES string of the molecule is CCc1nccn1CCCNC(C)c1ccc(Cl)cc1. The molecule has 0 radical (unpaired) electrons. The molecule has 108 valence electrons. The number of aromatic nitrogens is 2. The largest absolute Gasteiger partial charge is 0.335 e. The van der Waals surface area contributed by atoms with Gasteiger partial charge in [0, 0.05) is 36.4 Å². The van der Waals surface area contributed by atoms with Crippen LogP contribution in [0.1, 0.15) is 37.7 Å². The van der Waals surface area contributed by atoms with Gasteiger partial charge in [-0.15, -0.1) is 0 Å². The Kier molecular flexibility index (Phi) is 5.62. The summed E-state index contributed by atoms with van der Waals surface area (Å²) < 4.78 is 2.23. The fraction of sp³-hybridized carbons (Fsp3) is 0.438. The van der Waals surface area contributed by atoms with Crippen LogP contribution in [0.4, 0.5) is 0 Å². The molecule has 1 aromatic carbocycles. The van der Waals surface area contributed by atoms with Gasteiger partial charge in [-0.2, -0.15) is 0 Å². The highest BCUT2D eigenvalue weighted by molar-refractivity contribution is 6.30. The molecule has 0 aliphatic carbocycles. The molecule has 1 aromatic heterocycles. The topological polar surface area (TPSA) is 29.9 Å². The van der Waals surface area contributed by atoms with E-state index in [0.717, 1.165) is 36.8 Å². The molecule has 0 amide bonds. The van der Waals surface area contributed by atoms with E-state index in [1.807, 2.05) is 18.3 Å². The van der Waals surface area contributed by atoms with Crippen LogP contribution >= 0.6 is 11.6 Å². The van der Waals surface area contributed by atoms with Crippen molar-refractivity contribution >= 4 is 11.6 Å². The minimum Gasteiger partial charge on any atom is -0.335 e.